The van der Waals surface area contributed by atoms with Crippen LogP contribution in [0.4, 0.5) is 5.69 Å². The van der Waals surface area contributed by atoms with Gasteiger partial charge in [-0.25, -0.2) is 4.68 Å². The van der Waals surface area contributed by atoms with E-state index < -0.39 is 0 Å². The zero-order valence-corrected chi connectivity index (χ0v) is 17.8. The third-order valence-corrected chi connectivity index (χ3v) is 5.83. The van der Waals surface area contributed by atoms with Crippen molar-refractivity contribution in [2.75, 3.05) is 31.1 Å². The van der Waals surface area contributed by atoms with Crippen LogP contribution < -0.4 is 9.80 Å². The molecular weight excluding hydrogens is 336 g/mol. The van der Waals surface area contributed by atoms with E-state index in [-0.39, 0.29) is 5.54 Å². The molecule has 27 heavy (non-hydrogen) atoms. The molecule has 2 aromatic rings. The van der Waals surface area contributed by atoms with Gasteiger partial charge >= 0.3 is 0 Å². The molecule has 0 aliphatic carbocycles. The molecule has 1 N–H and O–H groups in total. The maximum Gasteiger partial charge on any atom is 0.209 e. The Morgan fingerprint density at radius 3 is 2.48 bits per heavy atom. The number of aryl methyl sites for hydroxylation is 1. The van der Waals surface area contributed by atoms with Crippen molar-refractivity contribution in [1.82, 2.24) is 20.2 Å². The lowest BCUT2D eigenvalue weighted by atomic mass is 10.0. The normalized spacial score (nSPS) is 17.3. The molecule has 0 unspecified atom stereocenters. The van der Waals surface area contributed by atoms with Gasteiger partial charge in [-0.15, -0.1) is 5.10 Å². The van der Waals surface area contributed by atoms with Crippen LogP contribution in [0.1, 0.15) is 63.5 Å². The summed E-state index contributed by atoms with van der Waals surface area (Å²) in [6.45, 7) is 17.6. The van der Waals surface area contributed by atoms with Gasteiger partial charge in [0.05, 0.1) is 31.7 Å². The number of tetrazole rings is 1. The Labute approximate surface area is 163 Å². The monoisotopic (exact) mass is 371 g/mol. The maximum atomic E-state index is 4.45. The Kier molecular flexibility index (Phi) is 5.84. The Bertz CT molecular complexity index is 752. The summed E-state index contributed by atoms with van der Waals surface area (Å²) in [5.41, 5.74) is 4.07. The second-order valence-electron chi connectivity index (χ2n) is 8.83. The van der Waals surface area contributed by atoms with Gasteiger partial charge in [-0.3, -0.25) is 0 Å². The van der Waals surface area contributed by atoms with Crippen LogP contribution in [0.2, 0.25) is 0 Å². The molecule has 148 valence electrons. The van der Waals surface area contributed by atoms with Crippen LogP contribution in [-0.2, 0) is 5.54 Å². The molecule has 0 radical (unpaired) electrons. The van der Waals surface area contributed by atoms with Gasteiger partial charge in [-0.2, -0.15) is 0 Å². The SMILES string of the molecule is CCC[C@@H](c1nnnn1C(C)(C)C)[NH+]1CCN(c2cccc(C)c2C)CC1. The van der Waals surface area contributed by atoms with Crippen molar-refractivity contribution in [3.05, 3.63) is 35.2 Å². The smallest absolute Gasteiger partial charge is 0.209 e. The minimum atomic E-state index is -0.0925. The highest BCUT2D eigenvalue weighted by Gasteiger charge is 2.34. The molecule has 0 bridgehead atoms. The molecule has 6 nitrogen and oxygen atoms in total. The molecule has 1 aliphatic heterocycles. The molecule has 1 aliphatic rings. The number of nitrogens with one attached hydrogen (secondary N) is 1. The Morgan fingerprint density at radius 1 is 1.15 bits per heavy atom. The van der Waals surface area contributed by atoms with Gasteiger partial charge in [0.15, 0.2) is 0 Å². The first-order chi connectivity index (χ1) is 12.8. The minimum Gasteiger partial charge on any atom is -0.360 e. The van der Waals surface area contributed by atoms with Crippen molar-refractivity contribution >= 4 is 5.69 Å². The average molecular weight is 372 g/mol. The van der Waals surface area contributed by atoms with Gasteiger partial charge in [-0.05, 0) is 62.2 Å². The zero-order chi connectivity index (χ0) is 19.6. The van der Waals surface area contributed by atoms with Gasteiger partial charge in [0, 0.05) is 12.1 Å². The highest BCUT2D eigenvalue weighted by molar-refractivity contribution is 5.56. The summed E-state index contributed by atoms with van der Waals surface area (Å²) in [7, 11) is 0. The third-order valence-electron chi connectivity index (χ3n) is 5.83. The van der Waals surface area contributed by atoms with Crippen molar-refractivity contribution in [2.24, 2.45) is 0 Å². The second kappa shape index (κ2) is 7.97. The molecule has 1 aromatic carbocycles. The number of rotatable bonds is 5. The highest BCUT2D eigenvalue weighted by atomic mass is 15.6. The van der Waals surface area contributed by atoms with Crippen LogP contribution in [-0.4, -0.2) is 46.4 Å². The van der Waals surface area contributed by atoms with Crippen molar-refractivity contribution in [2.45, 2.75) is 66.0 Å². The first-order valence-corrected chi connectivity index (χ1v) is 10.3. The van der Waals surface area contributed by atoms with Gasteiger partial charge in [-0.1, -0.05) is 25.5 Å². The quantitative estimate of drug-likeness (QED) is 0.876. The predicted octanol–water partition coefficient (Wildman–Crippen LogP) is 2.29. The van der Waals surface area contributed by atoms with E-state index in [1.807, 2.05) is 4.68 Å². The third kappa shape index (κ3) is 4.15. The number of nitrogens with zero attached hydrogens (tertiary/aromatic N) is 5. The number of piperazine rings is 1. The van der Waals surface area contributed by atoms with E-state index in [0.717, 1.165) is 44.8 Å². The molecule has 1 fully saturated rings. The maximum absolute atomic E-state index is 4.45. The van der Waals surface area contributed by atoms with E-state index in [1.165, 1.54) is 16.8 Å². The van der Waals surface area contributed by atoms with Crippen LogP contribution in [0.15, 0.2) is 18.2 Å². The fourth-order valence-corrected chi connectivity index (χ4v) is 4.16. The van der Waals surface area contributed by atoms with E-state index in [4.69, 9.17) is 0 Å². The van der Waals surface area contributed by atoms with E-state index in [1.54, 1.807) is 4.90 Å². The number of benzene rings is 1. The van der Waals surface area contributed by atoms with E-state index in [9.17, 15) is 0 Å². The summed E-state index contributed by atoms with van der Waals surface area (Å²) in [6, 6.07) is 7.00. The largest absolute Gasteiger partial charge is 0.360 e. The molecule has 3 rings (SSSR count). The van der Waals surface area contributed by atoms with Crippen LogP contribution in [0.25, 0.3) is 0 Å². The van der Waals surface area contributed by atoms with Crippen molar-refractivity contribution in [3.8, 4) is 0 Å². The summed E-state index contributed by atoms with van der Waals surface area (Å²) >= 11 is 0. The Balaban J connectivity index is 1.77. The lowest BCUT2D eigenvalue weighted by Crippen LogP contribution is -3.15. The fraction of sp³-hybridized carbons (Fsp3) is 0.667. The van der Waals surface area contributed by atoms with E-state index in [2.05, 4.69) is 80.2 Å². The minimum absolute atomic E-state index is 0.0925. The molecular formula is C21H35N6+. The van der Waals surface area contributed by atoms with Crippen LogP contribution in [0.5, 0.6) is 0 Å². The molecule has 2 heterocycles. The Morgan fingerprint density at radius 2 is 1.85 bits per heavy atom. The van der Waals surface area contributed by atoms with Gasteiger partial charge < -0.3 is 9.80 Å². The first-order valence-electron chi connectivity index (χ1n) is 10.3. The molecule has 1 atom stereocenters. The van der Waals surface area contributed by atoms with Crippen molar-refractivity contribution < 1.29 is 4.90 Å². The number of hydrogen-bond acceptors (Lipinski definition) is 4. The topological polar surface area (TPSA) is 51.3 Å². The lowest BCUT2D eigenvalue weighted by Gasteiger charge is -2.38. The summed E-state index contributed by atoms with van der Waals surface area (Å²) in [5, 5.41) is 12.8. The van der Waals surface area contributed by atoms with Crippen LogP contribution >= 0.6 is 0 Å². The molecule has 0 saturated carbocycles. The van der Waals surface area contributed by atoms with Crippen LogP contribution in [0, 0.1) is 13.8 Å². The number of anilines is 1. The molecule has 0 spiro atoms. The van der Waals surface area contributed by atoms with Crippen molar-refractivity contribution in [3.63, 3.8) is 0 Å². The van der Waals surface area contributed by atoms with E-state index in [0.29, 0.717) is 6.04 Å². The number of quaternary nitrogens is 1. The second-order valence-corrected chi connectivity index (χ2v) is 8.83. The standard InChI is InChI=1S/C21H34N6/c1-7-9-19(20-22-23-24-27(20)21(4,5)6)26-14-12-25(13-15-26)18-11-8-10-16(2)17(18)3/h8,10-11,19H,7,9,12-15H2,1-6H3/p+1/t19-/m0/s1. The predicted molar refractivity (Wildman–Crippen MR) is 109 cm³/mol. The lowest BCUT2D eigenvalue weighted by molar-refractivity contribution is -0.933. The average Bonchev–Trinajstić information content (AvgIpc) is 3.12. The zero-order valence-electron chi connectivity index (χ0n) is 17.8. The molecule has 1 saturated heterocycles. The number of hydrogen-bond donors (Lipinski definition) is 1. The highest BCUT2D eigenvalue weighted by Crippen LogP contribution is 2.24. The summed E-state index contributed by atoms with van der Waals surface area (Å²) in [6.07, 6.45) is 2.27. The van der Waals surface area contributed by atoms with Gasteiger partial charge in [0.2, 0.25) is 5.82 Å². The molecule has 0 amide bonds. The Hall–Kier alpha value is -1.95. The summed E-state index contributed by atoms with van der Waals surface area (Å²) in [4.78, 5) is 4.15. The first kappa shape index (κ1) is 19.8. The van der Waals surface area contributed by atoms with Crippen LogP contribution in [0.3, 0.4) is 0 Å². The summed E-state index contributed by atoms with van der Waals surface area (Å²) in [5.74, 6) is 1.04. The van der Waals surface area contributed by atoms with Crippen molar-refractivity contribution in [1.29, 1.82) is 0 Å². The number of aromatic nitrogens is 4. The van der Waals surface area contributed by atoms with Gasteiger partial charge in [0.1, 0.15) is 6.04 Å². The molecule has 6 heteroatoms. The molecule has 1 aromatic heterocycles. The van der Waals surface area contributed by atoms with E-state index >= 15 is 0 Å². The van der Waals surface area contributed by atoms with Gasteiger partial charge in [0.25, 0.3) is 0 Å². The fourth-order valence-electron chi connectivity index (χ4n) is 4.16. The summed E-state index contributed by atoms with van der Waals surface area (Å²) < 4.78 is 2.03.